The van der Waals surface area contributed by atoms with E-state index in [4.69, 9.17) is 5.73 Å². The first-order valence-electron chi connectivity index (χ1n) is 9.04. The van der Waals surface area contributed by atoms with Crippen molar-refractivity contribution >= 4 is 17.7 Å². The van der Waals surface area contributed by atoms with Crippen molar-refractivity contribution in [2.45, 2.75) is 44.7 Å². The largest absolute Gasteiger partial charge is 0.366 e. The van der Waals surface area contributed by atoms with Gasteiger partial charge in [-0.1, -0.05) is 24.3 Å². The Kier molecular flexibility index (Phi) is 5.69. The highest BCUT2D eigenvalue weighted by molar-refractivity contribution is 5.97. The summed E-state index contributed by atoms with van der Waals surface area (Å²) >= 11 is 0. The first-order valence-corrected chi connectivity index (χ1v) is 9.04. The summed E-state index contributed by atoms with van der Waals surface area (Å²) in [7, 11) is 0. The summed E-state index contributed by atoms with van der Waals surface area (Å²) in [5.41, 5.74) is 7.82. The molecule has 0 aliphatic heterocycles. The van der Waals surface area contributed by atoms with Crippen LogP contribution < -0.4 is 16.4 Å². The molecule has 1 aromatic carbocycles. The quantitative estimate of drug-likeness (QED) is 0.674. The molecule has 4 N–H and O–H groups in total. The van der Waals surface area contributed by atoms with E-state index in [9.17, 15) is 9.18 Å². The van der Waals surface area contributed by atoms with Crippen LogP contribution in [0.1, 0.15) is 54.6 Å². The smallest absolute Gasteiger partial charge is 0.254 e. The number of carbonyl (C=O) groups excluding carboxylic acids is 1. The van der Waals surface area contributed by atoms with Crippen molar-refractivity contribution < 1.29 is 9.18 Å². The lowest BCUT2D eigenvalue weighted by Gasteiger charge is -2.26. The number of halogens is 1. The lowest BCUT2D eigenvalue weighted by Crippen LogP contribution is -2.26. The zero-order chi connectivity index (χ0) is 19.4. The zero-order valence-electron chi connectivity index (χ0n) is 15.3. The lowest BCUT2D eigenvalue weighted by molar-refractivity contribution is 0.100. The molecular weight excluding hydrogens is 345 g/mol. The van der Waals surface area contributed by atoms with Crippen molar-refractivity contribution in [3.05, 3.63) is 59.6 Å². The molecule has 2 atom stereocenters. The predicted octanol–water partition coefficient (Wildman–Crippen LogP) is 3.80. The van der Waals surface area contributed by atoms with Crippen LogP contribution in [-0.4, -0.2) is 21.9 Å². The van der Waals surface area contributed by atoms with Crippen LogP contribution in [0.25, 0.3) is 0 Å². The predicted molar refractivity (Wildman–Crippen MR) is 104 cm³/mol. The number of rotatable bonds is 6. The average Bonchev–Trinajstić information content (AvgIpc) is 2.62. The van der Waals surface area contributed by atoms with Crippen molar-refractivity contribution in [2.24, 2.45) is 5.73 Å². The highest BCUT2D eigenvalue weighted by Gasteiger charge is 2.20. The molecule has 1 aliphatic carbocycles. The number of anilines is 2. The molecule has 0 saturated heterocycles. The molecule has 0 bridgehead atoms. The Hall–Kier alpha value is -2.96. The van der Waals surface area contributed by atoms with Crippen molar-refractivity contribution in [3.8, 4) is 0 Å². The van der Waals surface area contributed by atoms with Gasteiger partial charge in [-0.15, -0.1) is 0 Å². The van der Waals surface area contributed by atoms with Gasteiger partial charge >= 0.3 is 0 Å². The topological polar surface area (TPSA) is 92.9 Å². The van der Waals surface area contributed by atoms with Crippen LogP contribution in [0, 0.1) is 5.82 Å². The molecular formula is C20H24FN5O. The Labute approximate surface area is 158 Å². The second kappa shape index (κ2) is 8.16. The molecule has 1 aliphatic rings. The van der Waals surface area contributed by atoms with Gasteiger partial charge in [0, 0.05) is 12.2 Å². The van der Waals surface area contributed by atoms with Gasteiger partial charge in [-0.2, -0.15) is 4.98 Å². The average molecular weight is 369 g/mol. The van der Waals surface area contributed by atoms with Crippen molar-refractivity contribution in [2.75, 3.05) is 10.6 Å². The van der Waals surface area contributed by atoms with Crippen molar-refractivity contribution in [1.29, 1.82) is 0 Å². The fraction of sp³-hybridized carbons (Fsp3) is 0.350. The summed E-state index contributed by atoms with van der Waals surface area (Å²) in [4.78, 5) is 20.4. The number of nitrogens with one attached hydrogen (secondary N) is 2. The Bertz CT molecular complexity index is 837. The molecule has 0 unspecified atom stereocenters. The third-order valence-electron chi connectivity index (χ3n) is 4.73. The molecule has 1 saturated carbocycles. The molecule has 142 valence electrons. The first-order chi connectivity index (χ1) is 12.9. The van der Waals surface area contributed by atoms with E-state index < -0.39 is 5.91 Å². The minimum Gasteiger partial charge on any atom is -0.366 e. The van der Waals surface area contributed by atoms with E-state index in [0.29, 0.717) is 11.8 Å². The highest BCUT2D eigenvalue weighted by atomic mass is 19.1. The highest BCUT2D eigenvalue weighted by Crippen LogP contribution is 2.26. The molecule has 6 nitrogen and oxygen atoms in total. The van der Waals surface area contributed by atoms with Gasteiger partial charge in [-0.3, -0.25) is 4.79 Å². The zero-order valence-corrected chi connectivity index (χ0v) is 15.3. The van der Waals surface area contributed by atoms with Crippen LogP contribution in [0.4, 0.5) is 16.2 Å². The fourth-order valence-corrected chi connectivity index (χ4v) is 3.24. The molecule has 1 aromatic heterocycles. The number of nitrogens with zero attached hydrogens (tertiary/aromatic N) is 2. The molecule has 7 heteroatoms. The first kappa shape index (κ1) is 18.8. The Balaban J connectivity index is 1.78. The van der Waals surface area contributed by atoms with E-state index in [-0.39, 0.29) is 23.5 Å². The summed E-state index contributed by atoms with van der Waals surface area (Å²) < 4.78 is 13.1. The van der Waals surface area contributed by atoms with Crippen molar-refractivity contribution in [3.63, 3.8) is 0 Å². The molecule has 0 spiro atoms. The third kappa shape index (κ3) is 4.81. The standard InChI is InChI=1S/C20H24FN5O/c1-12-4-3-5-16(10-12)25-19-17(18(22)27)11-23-20(26-19)24-13(2)14-6-8-15(21)9-7-14/h6-9,11,13,16H,1,3-5,10H2,2H3,(H2,22,27)(H2,23,24,25,26)/t13-,16-/m1/s1. The third-order valence-corrected chi connectivity index (χ3v) is 4.73. The monoisotopic (exact) mass is 369 g/mol. The van der Waals surface area contributed by atoms with Crippen LogP contribution in [0.2, 0.25) is 0 Å². The van der Waals surface area contributed by atoms with Gasteiger partial charge in [0.05, 0.1) is 11.6 Å². The molecule has 1 fully saturated rings. The maximum atomic E-state index is 13.1. The SMILES string of the molecule is C=C1CCC[C@@H](Nc2nc(N[C@H](C)c3ccc(F)cc3)ncc2C(N)=O)C1. The van der Waals surface area contributed by atoms with Gasteiger partial charge in [-0.05, 0) is 50.3 Å². The van der Waals surface area contributed by atoms with Crippen LogP contribution in [0.5, 0.6) is 0 Å². The van der Waals surface area contributed by atoms with Gasteiger partial charge in [0.15, 0.2) is 0 Å². The minimum atomic E-state index is -0.578. The van der Waals surface area contributed by atoms with E-state index in [1.807, 2.05) is 6.92 Å². The van der Waals surface area contributed by atoms with Gasteiger partial charge < -0.3 is 16.4 Å². The number of amides is 1. The van der Waals surface area contributed by atoms with Gasteiger partial charge in [-0.25, -0.2) is 9.37 Å². The summed E-state index contributed by atoms with van der Waals surface area (Å²) in [6, 6.07) is 6.27. The summed E-state index contributed by atoms with van der Waals surface area (Å²) in [6.45, 7) is 5.98. The fourth-order valence-electron chi connectivity index (χ4n) is 3.24. The molecule has 0 radical (unpaired) electrons. The maximum Gasteiger partial charge on any atom is 0.254 e. The summed E-state index contributed by atoms with van der Waals surface area (Å²) in [6.07, 6.45) is 5.34. The molecule has 3 rings (SSSR count). The van der Waals surface area contributed by atoms with Gasteiger partial charge in [0.25, 0.3) is 5.91 Å². The number of aromatic nitrogens is 2. The minimum absolute atomic E-state index is 0.132. The Morgan fingerprint density at radius 3 is 2.78 bits per heavy atom. The number of hydrogen-bond donors (Lipinski definition) is 3. The number of hydrogen-bond acceptors (Lipinski definition) is 5. The summed E-state index contributed by atoms with van der Waals surface area (Å²) in [5.74, 6) is -0.0706. The van der Waals surface area contributed by atoms with Crippen molar-refractivity contribution in [1.82, 2.24) is 9.97 Å². The second-order valence-electron chi connectivity index (χ2n) is 6.93. The maximum absolute atomic E-state index is 13.1. The number of nitrogens with two attached hydrogens (primary N) is 1. The molecule has 1 amide bonds. The van der Waals surface area contributed by atoms with E-state index >= 15 is 0 Å². The normalized spacial score (nSPS) is 18.0. The summed E-state index contributed by atoms with van der Waals surface area (Å²) in [5, 5.41) is 6.50. The van der Waals surface area contributed by atoms with E-state index in [2.05, 4.69) is 27.2 Å². The second-order valence-corrected chi connectivity index (χ2v) is 6.93. The number of benzene rings is 1. The van der Waals surface area contributed by atoms with Crippen LogP contribution in [-0.2, 0) is 0 Å². The van der Waals surface area contributed by atoms with Gasteiger partial charge in [0.2, 0.25) is 5.95 Å². The number of primary amides is 1. The molecule has 27 heavy (non-hydrogen) atoms. The lowest BCUT2D eigenvalue weighted by atomic mass is 9.91. The number of carbonyl (C=O) groups is 1. The van der Waals surface area contributed by atoms with E-state index in [1.165, 1.54) is 23.9 Å². The Morgan fingerprint density at radius 2 is 2.11 bits per heavy atom. The Morgan fingerprint density at radius 1 is 1.37 bits per heavy atom. The van der Waals surface area contributed by atoms with Crippen LogP contribution >= 0.6 is 0 Å². The van der Waals surface area contributed by atoms with Crippen LogP contribution in [0.15, 0.2) is 42.6 Å². The van der Waals surface area contributed by atoms with E-state index in [1.54, 1.807) is 12.1 Å². The molecule has 2 aromatic rings. The van der Waals surface area contributed by atoms with Crippen LogP contribution in [0.3, 0.4) is 0 Å². The molecule has 1 heterocycles. The van der Waals surface area contributed by atoms with Gasteiger partial charge in [0.1, 0.15) is 11.6 Å². The van der Waals surface area contributed by atoms with E-state index in [0.717, 1.165) is 31.2 Å².